The van der Waals surface area contributed by atoms with Crippen molar-refractivity contribution in [1.29, 1.82) is 0 Å². The van der Waals surface area contributed by atoms with Gasteiger partial charge in [0.05, 0.1) is 11.6 Å². The summed E-state index contributed by atoms with van der Waals surface area (Å²) >= 11 is 0. The van der Waals surface area contributed by atoms with E-state index in [1.807, 2.05) is 18.3 Å². The van der Waals surface area contributed by atoms with E-state index in [0.29, 0.717) is 11.1 Å². The molecule has 1 aromatic heterocycles. The van der Waals surface area contributed by atoms with E-state index in [0.717, 1.165) is 13.0 Å². The van der Waals surface area contributed by atoms with Gasteiger partial charge in [0.25, 0.3) is 0 Å². The second kappa shape index (κ2) is 11.1. The third kappa shape index (κ3) is 4.92. The first-order chi connectivity index (χ1) is 17.0. The number of aromatic nitrogens is 1. The molecule has 182 valence electrons. The number of rotatable bonds is 2. The van der Waals surface area contributed by atoms with Crippen LogP contribution in [0.4, 0.5) is 17.6 Å². The Hall–Kier alpha value is -3.48. The predicted molar refractivity (Wildman–Crippen MR) is 125 cm³/mol. The number of hydrogen-bond donors (Lipinski definition) is 0. The fourth-order valence-electron chi connectivity index (χ4n) is 4.14. The largest absolute Gasteiger partial charge is 3.00 e. The van der Waals surface area contributed by atoms with Gasteiger partial charge in [-0.05, 0) is 35.3 Å². The minimum absolute atomic E-state index is 0. The van der Waals surface area contributed by atoms with Gasteiger partial charge in [0.15, 0.2) is 0 Å². The van der Waals surface area contributed by atoms with Crippen LogP contribution in [0.25, 0.3) is 27.7 Å². The number of pyridine rings is 1. The average molecular weight is 665 g/mol. The van der Waals surface area contributed by atoms with E-state index in [9.17, 15) is 17.6 Å². The number of halogens is 4. The number of benzene rings is 3. The molecular weight excluding hydrogens is 647 g/mol. The van der Waals surface area contributed by atoms with Crippen LogP contribution in [-0.4, -0.2) is 16.4 Å². The molecule has 3 heterocycles. The van der Waals surface area contributed by atoms with Gasteiger partial charge in [0.2, 0.25) is 0 Å². The van der Waals surface area contributed by atoms with Crippen molar-refractivity contribution >= 4 is 0 Å². The van der Waals surface area contributed by atoms with Crippen molar-refractivity contribution in [3.8, 4) is 22.4 Å². The van der Waals surface area contributed by atoms with Gasteiger partial charge in [-0.15, -0.1) is 0 Å². The monoisotopic (exact) mass is 665 g/mol. The van der Waals surface area contributed by atoms with Gasteiger partial charge in [0, 0.05) is 12.7 Å². The zero-order valence-corrected chi connectivity index (χ0v) is 21.1. The molecule has 36 heavy (non-hydrogen) atoms. The van der Waals surface area contributed by atoms with Crippen molar-refractivity contribution < 1.29 is 37.7 Å². The van der Waals surface area contributed by atoms with Crippen molar-refractivity contribution in [3.05, 3.63) is 131 Å². The third-order valence-corrected chi connectivity index (χ3v) is 5.84. The van der Waals surface area contributed by atoms with Gasteiger partial charge >= 0.3 is 20.1 Å². The summed E-state index contributed by atoms with van der Waals surface area (Å²) in [6.07, 6.45) is 6.64. The molecule has 0 saturated heterocycles. The summed E-state index contributed by atoms with van der Waals surface area (Å²) in [6, 6.07) is 23.4. The minimum atomic E-state index is -1.89. The molecule has 3 aromatic carbocycles. The molecule has 0 fully saturated rings. The molecule has 2 aliphatic heterocycles. The molecule has 0 radical (unpaired) electrons. The Bertz CT molecular complexity index is 1400. The van der Waals surface area contributed by atoms with E-state index in [1.165, 1.54) is 17.3 Å². The fraction of sp³-hybridized carbons (Fsp3) is 0.107. The molecule has 6 rings (SSSR count). The van der Waals surface area contributed by atoms with E-state index in [4.69, 9.17) is 0 Å². The Morgan fingerprint density at radius 3 is 2.53 bits per heavy atom. The van der Waals surface area contributed by atoms with E-state index >= 15 is 0 Å². The van der Waals surface area contributed by atoms with Crippen molar-refractivity contribution in [2.45, 2.75) is 12.6 Å². The molecule has 4 aromatic rings. The normalized spacial score (nSPS) is 15.1. The topological polar surface area (TPSA) is 30.2 Å². The van der Waals surface area contributed by atoms with Gasteiger partial charge in [0.1, 0.15) is 11.6 Å². The maximum absolute atomic E-state index is 14.0. The van der Waals surface area contributed by atoms with Crippen molar-refractivity contribution in [2.75, 3.05) is 6.54 Å². The molecule has 1 atom stereocenters. The van der Waals surface area contributed by atoms with E-state index in [2.05, 4.69) is 39.6 Å². The Morgan fingerprint density at radius 2 is 1.72 bits per heavy atom. The van der Waals surface area contributed by atoms with E-state index in [-0.39, 0.29) is 32.0 Å². The van der Waals surface area contributed by atoms with Crippen LogP contribution in [0, 0.1) is 35.4 Å². The van der Waals surface area contributed by atoms with Crippen LogP contribution >= 0.6 is 0 Å². The molecule has 2 aliphatic rings. The molecule has 0 saturated carbocycles. The Kier molecular flexibility index (Phi) is 7.87. The SMILES string of the molecule is Fc1[c-]c(-c2ncccc2-c2ccccc2)c(F)c(F)c1F.[Ir+3].[c-]1cccc2c1C1[N-]C=CN1CC2. The number of nitrogens with zero attached hydrogens (tertiary/aromatic N) is 3. The molecular formula is C28H18F4IrN3. The summed E-state index contributed by atoms with van der Waals surface area (Å²) in [5.41, 5.74) is 3.24. The maximum Gasteiger partial charge on any atom is 3.00 e. The third-order valence-electron chi connectivity index (χ3n) is 5.84. The smallest absolute Gasteiger partial charge is 0.668 e. The van der Waals surface area contributed by atoms with Crippen molar-refractivity contribution in [3.63, 3.8) is 0 Å². The van der Waals surface area contributed by atoms with Gasteiger partial charge in [-0.1, -0.05) is 54.4 Å². The Labute approximate surface area is 219 Å². The van der Waals surface area contributed by atoms with Crippen LogP contribution in [0.3, 0.4) is 0 Å². The first-order valence-electron chi connectivity index (χ1n) is 10.9. The summed E-state index contributed by atoms with van der Waals surface area (Å²) in [7, 11) is 0. The molecule has 0 bridgehead atoms. The van der Waals surface area contributed by atoms with Gasteiger partial charge in [-0.3, -0.25) is 8.78 Å². The van der Waals surface area contributed by atoms with Crippen LogP contribution in [-0.2, 0) is 26.5 Å². The van der Waals surface area contributed by atoms with Gasteiger partial charge in [-0.25, -0.2) is 8.78 Å². The summed E-state index contributed by atoms with van der Waals surface area (Å²) in [5, 5.41) is 4.41. The van der Waals surface area contributed by atoms with Crippen LogP contribution in [0.5, 0.6) is 0 Å². The van der Waals surface area contributed by atoms with Crippen molar-refractivity contribution in [1.82, 2.24) is 9.88 Å². The summed E-state index contributed by atoms with van der Waals surface area (Å²) < 4.78 is 53.8. The second-order valence-electron chi connectivity index (χ2n) is 7.94. The van der Waals surface area contributed by atoms with Crippen LogP contribution in [0.1, 0.15) is 17.3 Å². The quantitative estimate of drug-likeness (QED) is 0.100. The summed E-state index contributed by atoms with van der Waals surface area (Å²) in [5.74, 6) is -6.87. The molecule has 0 aliphatic carbocycles. The first kappa shape index (κ1) is 25.6. The predicted octanol–water partition coefficient (Wildman–Crippen LogP) is 6.97. The molecule has 0 spiro atoms. The zero-order chi connectivity index (χ0) is 24.4. The standard InChI is InChI=1S/C17H8F4N.C11H10N2.Ir/c18-13-9-12(14(19)16(21)15(13)20)17-11(7-4-8-22-17)10-5-2-1-3-6-10;1-2-4-10-9(3-1)5-7-13-8-6-12-11(10)13;/h1-8H;1-3,6,8,11H,5,7H2;/q-1;-2;+3. The van der Waals surface area contributed by atoms with E-state index in [1.54, 1.807) is 42.5 Å². The molecule has 0 amide bonds. The van der Waals surface area contributed by atoms with E-state index < -0.39 is 28.8 Å². The molecule has 3 nitrogen and oxygen atoms in total. The van der Waals surface area contributed by atoms with Crippen molar-refractivity contribution in [2.24, 2.45) is 0 Å². The molecule has 1 unspecified atom stereocenters. The Balaban J connectivity index is 0.000000185. The van der Waals surface area contributed by atoms with Gasteiger partial charge < -0.3 is 15.2 Å². The minimum Gasteiger partial charge on any atom is -0.668 e. The molecule has 8 heteroatoms. The number of hydrogen-bond acceptors (Lipinski definition) is 2. The summed E-state index contributed by atoms with van der Waals surface area (Å²) in [6.45, 7) is 1.08. The maximum atomic E-state index is 14.0. The summed E-state index contributed by atoms with van der Waals surface area (Å²) in [4.78, 5) is 6.23. The number of fused-ring (bicyclic) bond motifs is 3. The van der Waals surface area contributed by atoms with Crippen LogP contribution in [0.2, 0.25) is 0 Å². The van der Waals surface area contributed by atoms with Crippen LogP contribution in [0.15, 0.2) is 79.3 Å². The van der Waals surface area contributed by atoms with Gasteiger partial charge in [-0.2, -0.15) is 41.6 Å². The second-order valence-corrected chi connectivity index (χ2v) is 7.94. The zero-order valence-electron chi connectivity index (χ0n) is 18.7. The first-order valence-corrected chi connectivity index (χ1v) is 10.9. The Morgan fingerprint density at radius 1 is 0.917 bits per heavy atom. The molecule has 0 N–H and O–H groups in total. The average Bonchev–Trinajstić information content (AvgIpc) is 3.40. The van der Waals surface area contributed by atoms with Crippen LogP contribution < -0.4 is 0 Å². The fourth-order valence-corrected chi connectivity index (χ4v) is 4.14.